The topological polar surface area (TPSA) is 84.5 Å². The molecule has 0 radical (unpaired) electrons. The van der Waals surface area contributed by atoms with E-state index >= 15 is 0 Å². The molecule has 11 heteroatoms. The van der Waals surface area contributed by atoms with Gasteiger partial charge >= 0.3 is 6.36 Å². The summed E-state index contributed by atoms with van der Waals surface area (Å²) in [4.78, 5) is 13.2. The Bertz CT molecular complexity index is 870. The van der Waals surface area contributed by atoms with E-state index in [-0.39, 0.29) is 5.56 Å². The molecule has 0 saturated heterocycles. The Hall–Kier alpha value is -2.11. The molecule has 0 spiro atoms. The van der Waals surface area contributed by atoms with Crippen LogP contribution in [-0.4, -0.2) is 20.7 Å². The Morgan fingerprint density at radius 2 is 1.72 bits per heavy atom. The number of nitrogens with one attached hydrogen (secondary N) is 2. The minimum Gasteiger partial charge on any atom is -0.406 e. The molecule has 134 valence electrons. The Kier molecular flexibility index (Phi) is 5.70. The summed E-state index contributed by atoms with van der Waals surface area (Å²) in [6.45, 7) is 0. The lowest BCUT2D eigenvalue weighted by Crippen LogP contribution is -2.41. The van der Waals surface area contributed by atoms with Crippen LogP contribution >= 0.6 is 15.9 Å². The maximum absolute atomic E-state index is 12.2. The maximum Gasteiger partial charge on any atom is 0.573 e. The predicted molar refractivity (Wildman–Crippen MR) is 85.1 cm³/mol. The molecule has 25 heavy (non-hydrogen) atoms. The summed E-state index contributed by atoms with van der Waals surface area (Å²) in [7, 11) is -4.29. The molecule has 0 atom stereocenters. The summed E-state index contributed by atoms with van der Waals surface area (Å²) >= 11 is 3.19. The normalized spacial score (nSPS) is 11.8. The molecule has 0 aliphatic rings. The molecule has 0 aliphatic heterocycles. The first-order valence-corrected chi connectivity index (χ1v) is 8.78. The van der Waals surface area contributed by atoms with Crippen molar-refractivity contribution in [2.75, 3.05) is 0 Å². The van der Waals surface area contributed by atoms with E-state index in [0.717, 1.165) is 22.7 Å². The number of sulfonamides is 1. The van der Waals surface area contributed by atoms with Crippen molar-refractivity contribution in [3.63, 3.8) is 0 Å². The van der Waals surface area contributed by atoms with Crippen LogP contribution in [-0.2, 0) is 10.0 Å². The zero-order chi connectivity index (χ0) is 18.7. The number of carbonyl (C=O) groups is 1. The van der Waals surface area contributed by atoms with Crippen LogP contribution in [0.3, 0.4) is 0 Å². The molecular weight excluding hydrogens is 429 g/mol. The van der Waals surface area contributed by atoms with Gasteiger partial charge in [-0.3, -0.25) is 10.2 Å². The number of alkyl halides is 3. The van der Waals surface area contributed by atoms with Crippen LogP contribution in [0.2, 0.25) is 0 Å². The third-order valence-electron chi connectivity index (χ3n) is 2.75. The minimum atomic E-state index is -4.95. The van der Waals surface area contributed by atoms with Crippen molar-refractivity contribution in [3.8, 4) is 5.75 Å². The second-order valence-electron chi connectivity index (χ2n) is 4.59. The van der Waals surface area contributed by atoms with Crippen LogP contribution in [0.25, 0.3) is 0 Å². The molecule has 0 aromatic heterocycles. The molecule has 0 saturated carbocycles. The zero-order valence-electron chi connectivity index (χ0n) is 12.2. The number of hydrogen-bond donors (Lipinski definition) is 2. The van der Waals surface area contributed by atoms with E-state index in [0.29, 0.717) is 6.07 Å². The number of carbonyl (C=O) groups excluding carboxylic acids is 1. The predicted octanol–water partition coefficient (Wildman–Crippen LogP) is 2.97. The summed E-state index contributed by atoms with van der Waals surface area (Å²) in [6.07, 6.45) is -4.95. The molecule has 0 fully saturated rings. The third-order valence-corrected chi connectivity index (χ3v) is 4.53. The van der Waals surface area contributed by atoms with Crippen molar-refractivity contribution in [2.45, 2.75) is 11.3 Å². The summed E-state index contributed by atoms with van der Waals surface area (Å²) in [5.74, 6) is -1.44. The van der Waals surface area contributed by atoms with Crippen molar-refractivity contribution in [3.05, 3.63) is 58.6 Å². The first kappa shape index (κ1) is 19.2. The summed E-state index contributed by atoms with van der Waals surface area (Å²) in [6, 6.07) is 9.83. The fourth-order valence-electron chi connectivity index (χ4n) is 1.68. The van der Waals surface area contributed by atoms with Crippen LogP contribution in [0.4, 0.5) is 13.2 Å². The van der Waals surface area contributed by atoms with Crippen LogP contribution in [0.15, 0.2) is 57.9 Å². The van der Waals surface area contributed by atoms with E-state index in [4.69, 9.17) is 0 Å². The van der Waals surface area contributed by atoms with E-state index in [1.54, 1.807) is 17.0 Å². The van der Waals surface area contributed by atoms with Crippen molar-refractivity contribution < 1.29 is 31.1 Å². The molecule has 6 nitrogen and oxygen atoms in total. The number of rotatable bonds is 5. The second-order valence-corrected chi connectivity index (χ2v) is 7.19. The maximum atomic E-state index is 12.2. The lowest BCUT2D eigenvalue weighted by molar-refractivity contribution is -0.274. The largest absolute Gasteiger partial charge is 0.573 e. The Labute approximate surface area is 149 Å². The van der Waals surface area contributed by atoms with E-state index in [9.17, 15) is 26.4 Å². The van der Waals surface area contributed by atoms with Gasteiger partial charge < -0.3 is 4.74 Å². The van der Waals surface area contributed by atoms with Gasteiger partial charge in [-0.2, -0.15) is 0 Å². The van der Waals surface area contributed by atoms with Crippen LogP contribution < -0.4 is 15.0 Å². The van der Waals surface area contributed by atoms with E-state index in [1.165, 1.54) is 12.1 Å². The van der Waals surface area contributed by atoms with E-state index in [1.807, 2.05) is 5.43 Å². The summed E-state index contributed by atoms with van der Waals surface area (Å²) in [5.41, 5.74) is 2.15. The quantitative estimate of drug-likeness (QED) is 0.702. The van der Waals surface area contributed by atoms with Gasteiger partial charge in [-0.1, -0.05) is 22.0 Å². The van der Waals surface area contributed by atoms with Gasteiger partial charge in [0.25, 0.3) is 15.9 Å². The van der Waals surface area contributed by atoms with Crippen LogP contribution in [0.1, 0.15) is 10.4 Å². The van der Waals surface area contributed by atoms with Crippen molar-refractivity contribution in [2.24, 2.45) is 0 Å². The monoisotopic (exact) mass is 438 g/mol. The van der Waals surface area contributed by atoms with Gasteiger partial charge in [0.15, 0.2) is 0 Å². The fourth-order valence-corrected chi connectivity index (χ4v) is 2.82. The highest BCUT2D eigenvalue weighted by molar-refractivity contribution is 9.10. The Balaban J connectivity index is 2.10. The van der Waals surface area contributed by atoms with Gasteiger partial charge in [0.1, 0.15) is 5.75 Å². The molecule has 2 aromatic carbocycles. The first-order chi connectivity index (χ1) is 11.6. The summed E-state index contributed by atoms with van der Waals surface area (Å²) < 4.78 is 65.1. The minimum absolute atomic E-state index is 0.181. The van der Waals surface area contributed by atoms with Crippen molar-refractivity contribution in [1.29, 1.82) is 0 Å². The van der Waals surface area contributed by atoms with Gasteiger partial charge in [-0.25, -0.2) is 8.42 Å². The molecular formula is C14H10BrF3N2O4S. The highest BCUT2D eigenvalue weighted by Crippen LogP contribution is 2.24. The van der Waals surface area contributed by atoms with Gasteiger partial charge in [-0.15, -0.1) is 18.0 Å². The number of amides is 1. The molecule has 2 N–H and O–H groups in total. The SMILES string of the molecule is O=C(NNS(=O)(=O)c1cccc(OC(F)(F)F)c1)c1ccc(Br)cc1. The zero-order valence-corrected chi connectivity index (χ0v) is 14.6. The average molecular weight is 439 g/mol. The summed E-state index contributed by atoms with van der Waals surface area (Å²) in [5, 5.41) is 0. The first-order valence-electron chi connectivity index (χ1n) is 6.50. The van der Waals surface area contributed by atoms with Crippen molar-refractivity contribution in [1.82, 2.24) is 10.3 Å². The van der Waals surface area contributed by atoms with Crippen molar-refractivity contribution >= 4 is 31.9 Å². The highest BCUT2D eigenvalue weighted by Gasteiger charge is 2.31. The van der Waals surface area contributed by atoms with Crippen LogP contribution in [0.5, 0.6) is 5.75 Å². The van der Waals surface area contributed by atoms with Gasteiger partial charge in [-0.05, 0) is 36.4 Å². The third kappa shape index (κ3) is 5.73. The molecule has 0 unspecified atom stereocenters. The highest BCUT2D eigenvalue weighted by atomic mass is 79.9. The van der Waals surface area contributed by atoms with Gasteiger partial charge in [0.2, 0.25) is 0 Å². The van der Waals surface area contributed by atoms with Crippen LogP contribution in [0, 0.1) is 0 Å². The number of hydrazine groups is 1. The number of hydrogen-bond acceptors (Lipinski definition) is 4. The Morgan fingerprint density at radius 1 is 1.08 bits per heavy atom. The molecule has 2 rings (SSSR count). The Morgan fingerprint density at radius 3 is 2.32 bits per heavy atom. The number of ether oxygens (including phenoxy) is 1. The molecule has 2 aromatic rings. The number of halogens is 4. The number of benzene rings is 2. The standard InChI is InChI=1S/C14H10BrF3N2O4S/c15-10-6-4-9(5-7-10)13(21)19-20-25(22,23)12-3-1-2-11(8-12)24-14(16,17)18/h1-8,20H,(H,19,21). The average Bonchev–Trinajstić information content (AvgIpc) is 2.52. The lowest BCUT2D eigenvalue weighted by Gasteiger charge is -2.11. The lowest BCUT2D eigenvalue weighted by atomic mass is 10.2. The smallest absolute Gasteiger partial charge is 0.406 e. The molecule has 1 amide bonds. The van der Waals surface area contributed by atoms with Gasteiger partial charge in [0.05, 0.1) is 4.90 Å². The second kappa shape index (κ2) is 7.42. The van der Waals surface area contributed by atoms with E-state index in [2.05, 4.69) is 20.7 Å². The molecule has 0 aliphatic carbocycles. The molecule has 0 bridgehead atoms. The van der Waals surface area contributed by atoms with E-state index < -0.39 is 32.9 Å². The molecule has 0 heterocycles. The van der Waals surface area contributed by atoms with Gasteiger partial charge in [0, 0.05) is 16.1 Å². The fraction of sp³-hybridized carbons (Fsp3) is 0.0714.